The zero-order valence-corrected chi connectivity index (χ0v) is 14.5. The van der Waals surface area contributed by atoms with Crippen molar-refractivity contribution in [3.8, 4) is 0 Å². The Morgan fingerprint density at radius 1 is 1.35 bits per heavy atom. The molecule has 1 rings (SSSR count). The Hall–Kier alpha value is -0.133. The summed E-state index contributed by atoms with van der Waals surface area (Å²) in [5, 5.41) is 3.78. The van der Waals surface area contributed by atoms with Gasteiger partial charge in [-0.2, -0.15) is 0 Å². The minimum absolute atomic E-state index is 0.00856. The lowest BCUT2D eigenvalue weighted by Gasteiger charge is -2.16. The van der Waals surface area contributed by atoms with Crippen LogP contribution in [0.15, 0.2) is 22.7 Å². The maximum atomic E-state index is 11.9. The number of rotatable bonds is 4. The van der Waals surface area contributed by atoms with Gasteiger partial charge in [0.25, 0.3) is 5.91 Å². The van der Waals surface area contributed by atoms with Gasteiger partial charge in [-0.15, -0.1) is 0 Å². The van der Waals surface area contributed by atoms with E-state index in [2.05, 4.69) is 56.8 Å². The first-order valence-corrected chi connectivity index (χ1v) is 11.1. The lowest BCUT2D eigenvalue weighted by molar-refractivity contribution is 0.0959. The molecule has 0 saturated carbocycles. The Bertz CT molecular complexity index is 415. The van der Waals surface area contributed by atoms with Crippen LogP contribution in [0.1, 0.15) is 15.9 Å². The Kier molecular flexibility index (Phi) is 5.41. The van der Waals surface area contributed by atoms with Crippen molar-refractivity contribution in [1.82, 2.24) is 5.32 Å². The first kappa shape index (κ1) is 14.9. The molecule has 0 unspecified atom stereocenters. The van der Waals surface area contributed by atoms with Gasteiger partial charge in [0, 0.05) is 21.5 Å². The van der Waals surface area contributed by atoms with Crippen molar-refractivity contribution < 1.29 is 4.79 Å². The van der Waals surface area contributed by atoms with Crippen LogP contribution in [-0.2, 0) is 5.33 Å². The number of amides is 1. The zero-order chi connectivity index (χ0) is 13.1. The van der Waals surface area contributed by atoms with Gasteiger partial charge in [-0.25, -0.2) is 0 Å². The smallest absolute Gasteiger partial charge is 0.251 e. The fourth-order valence-corrected chi connectivity index (χ4v) is 3.32. The summed E-state index contributed by atoms with van der Waals surface area (Å²) >= 11 is 6.87. The molecule has 0 aromatic heterocycles. The van der Waals surface area contributed by atoms with E-state index in [0.29, 0.717) is 5.56 Å². The third kappa shape index (κ3) is 4.93. The number of alkyl halides is 1. The number of carbonyl (C=O) groups excluding carboxylic acids is 1. The van der Waals surface area contributed by atoms with E-state index in [9.17, 15) is 4.79 Å². The standard InChI is InChI=1S/C12H17Br2NOSi/c1-17(2,3)8-15-12(16)9-4-5-10(7-13)11(14)6-9/h4-6H,7-8H2,1-3H3,(H,15,16). The van der Waals surface area contributed by atoms with Crippen molar-refractivity contribution >= 4 is 45.8 Å². The van der Waals surface area contributed by atoms with E-state index >= 15 is 0 Å². The zero-order valence-electron chi connectivity index (χ0n) is 10.3. The van der Waals surface area contributed by atoms with Crippen LogP contribution in [0.25, 0.3) is 0 Å². The predicted molar refractivity (Wildman–Crippen MR) is 82.5 cm³/mol. The number of hydrogen-bond acceptors (Lipinski definition) is 1. The molecule has 0 atom stereocenters. The molecule has 0 aliphatic carbocycles. The second kappa shape index (κ2) is 6.16. The maximum Gasteiger partial charge on any atom is 0.251 e. The number of benzene rings is 1. The summed E-state index contributed by atoms with van der Waals surface area (Å²) in [6.45, 7) is 6.70. The predicted octanol–water partition coefficient (Wildman–Crippen LogP) is 3.95. The Balaban J connectivity index is 2.73. The van der Waals surface area contributed by atoms with Crippen LogP contribution in [0.3, 0.4) is 0 Å². The van der Waals surface area contributed by atoms with Crippen molar-refractivity contribution in [3.63, 3.8) is 0 Å². The van der Waals surface area contributed by atoms with Crippen molar-refractivity contribution in [2.75, 3.05) is 6.17 Å². The third-order valence-corrected chi connectivity index (χ3v) is 4.82. The minimum Gasteiger partial charge on any atom is -0.355 e. The summed E-state index contributed by atoms with van der Waals surface area (Å²) in [5.41, 5.74) is 1.85. The highest BCUT2D eigenvalue weighted by molar-refractivity contribution is 9.10. The van der Waals surface area contributed by atoms with Gasteiger partial charge in [0.15, 0.2) is 0 Å². The highest BCUT2D eigenvalue weighted by atomic mass is 79.9. The van der Waals surface area contributed by atoms with Crippen LogP contribution in [0.5, 0.6) is 0 Å². The van der Waals surface area contributed by atoms with Gasteiger partial charge in [-0.3, -0.25) is 4.79 Å². The van der Waals surface area contributed by atoms with E-state index in [-0.39, 0.29) is 5.91 Å². The van der Waals surface area contributed by atoms with E-state index in [1.807, 2.05) is 18.2 Å². The lowest BCUT2D eigenvalue weighted by atomic mass is 10.1. The number of carbonyl (C=O) groups is 1. The monoisotopic (exact) mass is 377 g/mol. The van der Waals surface area contributed by atoms with Crippen molar-refractivity contribution in [2.24, 2.45) is 0 Å². The molecule has 1 N–H and O–H groups in total. The van der Waals surface area contributed by atoms with Gasteiger partial charge in [0.2, 0.25) is 0 Å². The number of nitrogens with one attached hydrogen (secondary N) is 1. The lowest BCUT2D eigenvalue weighted by Crippen LogP contribution is -2.39. The van der Waals surface area contributed by atoms with Gasteiger partial charge >= 0.3 is 0 Å². The first-order valence-electron chi connectivity index (χ1n) is 5.46. The molecular weight excluding hydrogens is 362 g/mol. The third-order valence-electron chi connectivity index (χ3n) is 2.24. The number of hydrogen-bond donors (Lipinski definition) is 1. The molecule has 0 bridgehead atoms. The van der Waals surface area contributed by atoms with Crippen molar-refractivity contribution in [2.45, 2.75) is 25.0 Å². The molecule has 1 aromatic rings. The van der Waals surface area contributed by atoms with Crippen molar-refractivity contribution in [1.29, 1.82) is 0 Å². The molecular formula is C12H17Br2NOSi. The summed E-state index contributed by atoms with van der Waals surface area (Å²) in [6.07, 6.45) is 0.809. The highest BCUT2D eigenvalue weighted by Crippen LogP contribution is 2.20. The molecule has 0 aliphatic heterocycles. The molecule has 1 amide bonds. The van der Waals surface area contributed by atoms with Gasteiger partial charge in [-0.1, -0.05) is 57.6 Å². The minimum atomic E-state index is -1.24. The summed E-state index contributed by atoms with van der Waals surface area (Å²) in [6, 6.07) is 5.69. The molecule has 0 spiro atoms. The quantitative estimate of drug-likeness (QED) is 0.623. The summed E-state index contributed by atoms with van der Waals surface area (Å²) in [4.78, 5) is 11.9. The van der Waals surface area contributed by atoms with Crippen LogP contribution < -0.4 is 5.32 Å². The second-order valence-corrected chi connectivity index (χ2v) is 12.1. The Morgan fingerprint density at radius 3 is 2.47 bits per heavy atom. The fourth-order valence-electron chi connectivity index (χ4n) is 1.24. The van der Waals surface area contributed by atoms with Gasteiger partial charge in [0.1, 0.15) is 0 Å². The molecule has 17 heavy (non-hydrogen) atoms. The molecule has 2 nitrogen and oxygen atoms in total. The van der Waals surface area contributed by atoms with Crippen LogP contribution in [0, 0.1) is 0 Å². The molecule has 0 saturated heterocycles. The second-order valence-electron chi connectivity index (χ2n) is 5.18. The van der Waals surface area contributed by atoms with E-state index < -0.39 is 8.07 Å². The van der Waals surface area contributed by atoms with Crippen LogP contribution in [-0.4, -0.2) is 20.1 Å². The maximum absolute atomic E-state index is 11.9. The Labute approximate surface area is 120 Å². The molecule has 0 radical (unpaired) electrons. The number of halogens is 2. The van der Waals surface area contributed by atoms with Crippen LogP contribution in [0.2, 0.25) is 19.6 Å². The Morgan fingerprint density at radius 2 is 2.00 bits per heavy atom. The van der Waals surface area contributed by atoms with E-state index in [1.165, 1.54) is 0 Å². The molecule has 0 aliphatic rings. The summed E-state index contributed by atoms with van der Waals surface area (Å²) in [7, 11) is -1.24. The molecule has 1 aromatic carbocycles. The topological polar surface area (TPSA) is 29.1 Å². The summed E-state index contributed by atoms with van der Waals surface area (Å²) < 4.78 is 0.968. The van der Waals surface area contributed by atoms with Gasteiger partial charge in [-0.05, 0) is 17.7 Å². The van der Waals surface area contributed by atoms with Crippen molar-refractivity contribution in [3.05, 3.63) is 33.8 Å². The van der Waals surface area contributed by atoms with Gasteiger partial charge < -0.3 is 5.32 Å². The largest absolute Gasteiger partial charge is 0.355 e. The average molecular weight is 379 g/mol. The highest BCUT2D eigenvalue weighted by Gasteiger charge is 2.15. The average Bonchev–Trinajstić information content (AvgIpc) is 2.24. The van der Waals surface area contributed by atoms with Crippen LogP contribution >= 0.6 is 31.9 Å². The van der Waals surface area contributed by atoms with Crippen LogP contribution in [0.4, 0.5) is 0 Å². The molecule has 94 valence electrons. The van der Waals surface area contributed by atoms with Gasteiger partial charge in [0.05, 0.1) is 8.07 Å². The SMILES string of the molecule is C[Si](C)(C)CNC(=O)c1ccc(CBr)c(Br)c1. The molecule has 0 fully saturated rings. The summed E-state index contributed by atoms with van der Waals surface area (Å²) in [5.74, 6) is 0.00856. The molecule has 0 heterocycles. The fraction of sp³-hybridized carbons (Fsp3) is 0.417. The molecule has 5 heteroatoms. The van der Waals surface area contributed by atoms with E-state index in [0.717, 1.165) is 21.5 Å². The van der Waals surface area contributed by atoms with E-state index in [4.69, 9.17) is 0 Å². The normalized spacial score (nSPS) is 11.4. The first-order chi connectivity index (χ1) is 7.83. The van der Waals surface area contributed by atoms with E-state index in [1.54, 1.807) is 0 Å².